The number of hydrogen-bond acceptors (Lipinski definition) is 1. The zero-order chi connectivity index (χ0) is 12.1. The van der Waals surface area contributed by atoms with Crippen LogP contribution in [-0.4, -0.2) is 5.78 Å². The highest BCUT2D eigenvalue weighted by molar-refractivity contribution is 5.96. The topological polar surface area (TPSA) is 17.1 Å². The van der Waals surface area contributed by atoms with Gasteiger partial charge in [-0.2, -0.15) is 0 Å². The number of carbonyl (C=O) groups excluding carboxylic acids is 1. The Balaban J connectivity index is 2.76. The van der Waals surface area contributed by atoms with Gasteiger partial charge in [0.15, 0.2) is 5.78 Å². The molecule has 16 heavy (non-hydrogen) atoms. The van der Waals surface area contributed by atoms with Crippen molar-refractivity contribution < 1.29 is 9.18 Å². The standard InChI is InChI=1S/C14H19FO/c1-4-11(5-2)9-14(16)12-6-7-13(15)10(3)8-12/h6-8,11H,4-5,9H2,1-3H3. The Morgan fingerprint density at radius 2 is 1.94 bits per heavy atom. The summed E-state index contributed by atoms with van der Waals surface area (Å²) in [6.45, 7) is 5.87. The molecule has 0 aliphatic carbocycles. The minimum absolute atomic E-state index is 0.122. The third kappa shape index (κ3) is 3.16. The fourth-order valence-electron chi connectivity index (χ4n) is 1.78. The van der Waals surface area contributed by atoms with Crippen LogP contribution in [0.2, 0.25) is 0 Å². The summed E-state index contributed by atoms with van der Waals surface area (Å²) in [5.41, 5.74) is 1.17. The van der Waals surface area contributed by atoms with Crippen LogP contribution in [0.1, 0.15) is 49.0 Å². The van der Waals surface area contributed by atoms with Crippen molar-refractivity contribution in [1.29, 1.82) is 0 Å². The quantitative estimate of drug-likeness (QED) is 0.684. The van der Waals surface area contributed by atoms with Gasteiger partial charge in [0, 0.05) is 12.0 Å². The maximum atomic E-state index is 13.0. The molecule has 0 aromatic heterocycles. The smallest absolute Gasteiger partial charge is 0.163 e. The highest BCUT2D eigenvalue weighted by Gasteiger charge is 2.13. The molecule has 0 unspecified atom stereocenters. The fraction of sp³-hybridized carbons (Fsp3) is 0.500. The van der Waals surface area contributed by atoms with Gasteiger partial charge in [-0.05, 0) is 36.6 Å². The molecule has 1 rings (SSSR count). The van der Waals surface area contributed by atoms with Crippen LogP contribution in [0.25, 0.3) is 0 Å². The summed E-state index contributed by atoms with van der Waals surface area (Å²) in [6.07, 6.45) is 2.60. The number of rotatable bonds is 5. The predicted octanol–water partition coefficient (Wildman–Crippen LogP) is 4.14. The van der Waals surface area contributed by atoms with E-state index in [9.17, 15) is 9.18 Å². The Bertz CT molecular complexity index is 367. The summed E-state index contributed by atoms with van der Waals surface area (Å²) in [5.74, 6) is 0.314. The van der Waals surface area contributed by atoms with Gasteiger partial charge in [-0.3, -0.25) is 4.79 Å². The second-order valence-corrected chi connectivity index (χ2v) is 4.27. The molecule has 0 bridgehead atoms. The van der Waals surface area contributed by atoms with Crippen molar-refractivity contribution in [1.82, 2.24) is 0 Å². The molecule has 0 saturated carbocycles. The molecule has 0 aliphatic heterocycles. The van der Waals surface area contributed by atoms with E-state index < -0.39 is 0 Å². The lowest BCUT2D eigenvalue weighted by Gasteiger charge is -2.11. The van der Waals surface area contributed by atoms with Crippen LogP contribution >= 0.6 is 0 Å². The van der Waals surface area contributed by atoms with Crippen LogP contribution in [0, 0.1) is 18.7 Å². The molecule has 88 valence electrons. The normalized spacial score (nSPS) is 10.8. The van der Waals surface area contributed by atoms with Gasteiger partial charge < -0.3 is 0 Å². The number of benzene rings is 1. The SMILES string of the molecule is CCC(CC)CC(=O)c1ccc(F)c(C)c1. The van der Waals surface area contributed by atoms with Gasteiger partial charge in [0.25, 0.3) is 0 Å². The van der Waals surface area contributed by atoms with Crippen molar-refractivity contribution >= 4 is 5.78 Å². The summed E-state index contributed by atoms with van der Waals surface area (Å²) in [6, 6.07) is 4.59. The third-order valence-corrected chi connectivity index (χ3v) is 3.11. The molecule has 0 aliphatic rings. The van der Waals surface area contributed by atoms with E-state index in [0.29, 0.717) is 23.5 Å². The molecule has 0 N–H and O–H groups in total. The first kappa shape index (κ1) is 12.9. The summed E-state index contributed by atoms with van der Waals surface area (Å²) in [5, 5.41) is 0. The lowest BCUT2D eigenvalue weighted by Crippen LogP contribution is -2.07. The van der Waals surface area contributed by atoms with Crippen LogP contribution in [0.4, 0.5) is 4.39 Å². The molecule has 0 heterocycles. The molecule has 0 fully saturated rings. The summed E-state index contributed by atoms with van der Waals surface area (Å²) < 4.78 is 13.0. The van der Waals surface area contributed by atoms with Crippen molar-refractivity contribution in [2.45, 2.75) is 40.0 Å². The molecule has 0 radical (unpaired) electrons. The number of carbonyl (C=O) groups is 1. The fourth-order valence-corrected chi connectivity index (χ4v) is 1.78. The number of halogens is 1. The van der Waals surface area contributed by atoms with Gasteiger partial charge >= 0.3 is 0 Å². The van der Waals surface area contributed by atoms with Crippen LogP contribution in [0.5, 0.6) is 0 Å². The first-order valence-electron chi connectivity index (χ1n) is 5.87. The van der Waals surface area contributed by atoms with Crippen LogP contribution < -0.4 is 0 Å². The summed E-state index contributed by atoms with van der Waals surface area (Å²) in [7, 11) is 0. The Hall–Kier alpha value is -1.18. The van der Waals surface area contributed by atoms with Crippen LogP contribution in [-0.2, 0) is 0 Å². The van der Waals surface area contributed by atoms with E-state index in [1.165, 1.54) is 6.07 Å². The molecule has 0 atom stereocenters. The van der Waals surface area contributed by atoms with Crippen molar-refractivity contribution in [2.75, 3.05) is 0 Å². The van der Waals surface area contributed by atoms with E-state index in [2.05, 4.69) is 13.8 Å². The van der Waals surface area contributed by atoms with E-state index in [-0.39, 0.29) is 11.6 Å². The summed E-state index contributed by atoms with van der Waals surface area (Å²) >= 11 is 0. The zero-order valence-electron chi connectivity index (χ0n) is 10.2. The molecule has 2 heteroatoms. The average molecular weight is 222 g/mol. The van der Waals surface area contributed by atoms with E-state index >= 15 is 0 Å². The van der Waals surface area contributed by atoms with Gasteiger partial charge in [-0.1, -0.05) is 26.7 Å². The van der Waals surface area contributed by atoms with Crippen molar-refractivity contribution in [3.05, 3.63) is 35.1 Å². The maximum Gasteiger partial charge on any atom is 0.163 e. The highest BCUT2D eigenvalue weighted by Crippen LogP contribution is 2.18. The maximum absolute atomic E-state index is 13.0. The lowest BCUT2D eigenvalue weighted by atomic mass is 9.93. The van der Waals surface area contributed by atoms with Crippen molar-refractivity contribution in [3.63, 3.8) is 0 Å². The van der Waals surface area contributed by atoms with Crippen LogP contribution in [0.15, 0.2) is 18.2 Å². The molecule has 0 saturated heterocycles. The van der Waals surface area contributed by atoms with E-state index in [1.807, 2.05) is 0 Å². The van der Waals surface area contributed by atoms with Gasteiger partial charge in [-0.25, -0.2) is 4.39 Å². The van der Waals surface area contributed by atoms with Gasteiger partial charge in [0.05, 0.1) is 0 Å². The monoisotopic (exact) mass is 222 g/mol. The van der Waals surface area contributed by atoms with Gasteiger partial charge in [-0.15, -0.1) is 0 Å². The van der Waals surface area contributed by atoms with Gasteiger partial charge in [0.1, 0.15) is 5.82 Å². The van der Waals surface area contributed by atoms with E-state index in [4.69, 9.17) is 0 Å². The largest absolute Gasteiger partial charge is 0.294 e. The molecule has 1 aromatic rings. The second-order valence-electron chi connectivity index (χ2n) is 4.27. The van der Waals surface area contributed by atoms with Crippen molar-refractivity contribution in [3.8, 4) is 0 Å². The number of Topliss-reactive ketones (excluding diaryl/α,β-unsaturated/α-hetero) is 1. The molecular weight excluding hydrogens is 203 g/mol. The predicted molar refractivity (Wildman–Crippen MR) is 64.2 cm³/mol. The molecule has 1 aromatic carbocycles. The van der Waals surface area contributed by atoms with E-state index in [0.717, 1.165) is 12.8 Å². The molecule has 0 spiro atoms. The van der Waals surface area contributed by atoms with Crippen LogP contribution in [0.3, 0.4) is 0 Å². The van der Waals surface area contributed by atoms with Crippen molar-refractivity contribution in [2.24, 2.45) is 5.92 Å². The molecular formula is C14H19FO. The Morgan fingerprint density at radius 3 is 2.44 bits per heavy atom. The minimum atomic E-state index is -0.251. The average Bonchev–Trinajstić information content (AvgIpc) is 2.29. The number of hydrogen-bond donors (Lipinski definition) is 0. The Labute approximate surface area is 96.7 Å². The first-order valence-corrected chi connectivity index (χ1v) is 5.87. The third-order valence-electron chi connectivity index (χ3n) is 3.11. The number of ketones is 1. The molecule has 0 amide bonds. The number of aryl methyl sites for hydroxylation is 1. The Morgan fingerprint density at radius 1 is 1.31 bits per heavy atom. The lowest BCUT2D eigenvalue weighted by molar-refractivity contribution is 0.0958. The second kappa shape index (κ2) is 5.78. The first-order chi connectivity index (χ1) is 7.58. The minimum Gasteiger partial charge on any atom is -0.294 e. The van der Waals surface area contributed by atoms with Gasteiger partial charge in [0.2, 0.25) is 0 Å². The highest BCUT2D eigenvalue weighted by atomic mass is 19.1. The van der Waals surface area contributed by atoms with E-state index in [1.54, 1.807) is 19.1 Å². The Kier molecular flexibility index (Phi) is 4.66. The summed E-state index contributed by atoms with van der Waals surface area (Å²) in [4.78, 5) is 11.9. The zero-order valence-corrected chi connectivity index (χ0v) is 10.2. The molecule has 1 nitrogen and oxygen atoms in total.